The lowest BCUT2D eigenvalue weighted by Crippen LogP contribution is -2.49. The molecular formula is C47H46N8O5S20. The summed E-state index contributed by atoms with van der Waals surface area (Å²) >= 11 is 89.5. The number of carbonyl (C=O) groups is 1. The molecule has 0 amide bonds. The zero-order valence-corrected chi connectivity index (χ0v) is 58.6. The molecule has 0 radical (unpaired) electrons. The normalized spacial score (nSPS) is 19.6. The van der Waals surface area contributed by atoms with Crippen molar-refractivity contribution in [2.45, 2.75) is 78.2 Å². The van der Waals surface area contributed by atoms with Crippen LogP contribution in [-0.2, 0) is 22.7 Å². The molecule has 2 saturated carbocycles. The summed E-state index contributed by atoms with van der Waals surface area (Å²) in [4.78, 5) is 21.0. The topological polar surface area (TPSA) is 141 Å². The Labute approximate surface area is 570 Å². The van der Waals surface area contributed by atoms with Gasteiger partial charge in [0.15, 0.2) is 35.2 Å². The Morgan fingerprint density at radius 2 is 0.850 bits per heavy atom. The molecule has 2 aliphatic rings. The van der Waals surface area contributed by atoms with Gasteiger partial charge >= 0.3 is 6.16 Å². The standard InChI is InChI=1S/C47H46N8O5S20/c1-25-19-31(59-23-33-50-52-35(54(33)29-9-3-15-48-21-29)79-46(77)42(69,70)38(61,62)39(63,64)43(46,71)72)13-11-27(25)7-5-17-57-37(56)58-18-6-8-28-12-14-32(20-26(28)2)60-24-34-51-53-36(55(34)30-10-4-16-49-22-30)80-47(78)44(73,74)40(65,66)41(67,68)45(47,75)76/h3-4,9-16,19-22,61-78H,17-18,23-24H2,1-2H3. The fraction of sp³-hybridized carbons (Fsp3) is 0.340. The van der Waals surface area contributed by atoms with Crippen LogP contribution in [0.1, 0.15) is 33.9 Å². The van der Waals surface area contributed by atoms with E-state index in [4.69, 9.17) is 246 Å². The fourth-order valence-corrected chi connectivity index (χ4v) is 21.4. The number of hydrogen-bond donors (Lipinski definition) is 18. The molecule has 8 rings (SSSR count). The molecule has 13 nitrogen and oxygen atoms in total. The maximum atomic E-state index is 12.4. The highest BCUT2D eigenvalue weighted by atomic mass is 32.2. The quantitative estimate of drug-likeness (QED) is 0.0218. The number of aromatic nitrogens is 8. The van der Waals surface area contributed by atoms with E-state index in [0.29, 0.717) is 56.0 Å². The molecule has 6 aromatic rings. The Balaban J connectivity index is 0.840. The lowest BCUT2D eigenvalue weighted by molar-refractivity contribution is 0.0745. The largest absolute Gasteiger partial charge is 0.510 e. The van der Waals surface area contributed by atoms with Gasteiger partial charge in [-0.15, -0.1) is 20.4 Å². The van der Waals surface area contributed by atoms with E-state index in [0.717, 1.165) is 34.7 Å². The third-order valence-corrected chi connectivity index (χ3v) is 34.8. The number of benzene rings is 2. The van der Waals surface area contributed by atoms with Crippen LogP contribution in [0, 0.1) is 37.5 Å². The number of aryl methyl sites for hydroxylation is 2. The minimum atomic E-state index is -1.40. The first-order valence-corrected chi connectivity index (χ1v) is 32.2. The molecule has 0 atom stereocenters. The van der Waals surface area contributed by atoms with Crippen molar-refractivity contribution < 1.29 is 23.7 Å². The Morgan fingerprint density at radius 3 is 1.16 bits per heavy atom. The Bertz CT molecular complexity index is 3180. The van der Waals surface area contributed by atoms with Crippen LogP contribution in [0.4, 0.5) is 4.79 Å². The molecule has 2 fully saturated rings. The lowest BCUT2D eigenvalue weighted by atomic mass is 10.1. The van der Waals surface area contributed by atoms with Gasteiger partial charge in [-0.3, -0.25) is 19.1 Å². The van der Waals surface area contributed by atoms with Gasteiger partial charge in [-0.1, -0.05) is 47.2 Å². The minimum absolute atomic E-state index is 0.0105. The molecule has 33 heteroatoms. The molecule has 2 aromatic carbocycles. The number of hydrogen-bond acceptors (Lipinski definition) is 31. The number of carbonyl (C=O) groups excluding carboxylic acids is 1. The van der Waals surface area contributed by atoms with Gasteiger partial charge in [0, 0.05) is 23.5 Å². The summed E-state index contributed by atoms with van der Waals surface area (Å²) in [5.74, 6) is 13.7. The van der Waals surface area contributed by atoms with Crippen LogP contribution in [0.2, 0.25) is 0 Å². The van der Waals surface area contributed by atoms with Crippen molar-refractivity contribution in [2.75, 3.05) is 13.2 Å². The molecule has 4 heterocycles. The molecular weight excluding hydrogens is 1400 g/mol. The van der Waals surface area contributed by atoms with Crippen LogP contribution >= 0.6 is 251 Å². The van der Waals surface area contributed by atoms with Gasteiger partial charge in [-0.2, -0.15) is 227 Å². The molecule has 0 unspecified atom stereocenters. The predicted octanol–water partition coefficient (Wildman–Crippen LogP) is 10.9. The number of thiol groups is 18. The van der Waals surface area contributed by atoms with Crippen LogP contribution in [0.5, 0.6) is 11.5 Å². The molecule has 0 bridgehead atoms. The van der Waals surface area contributed by atoms with Gasteiger partial charge in [0.2, 0.25) is 0 Å². The maximum absolute atomic E-state index is 12.4. The summed E-state index contributed by atoms with van der Waals surface area (Å²) in [6.07, 6.45) is 5.71. The summed E-state index contributed by atoms with van der Waals surface area (Å²) in [6, 6.07) is 18.0. The highest BCUT2D eigenvalue weighted by Gasteiger charge is 2.83. The second-order valence-electron chi connectivity index (χ2n) is 17.7. The maximum Gasteiger partial charge on any atom is 0.510 e. The number of pyridine rings is 2. The van der Waals surface area contributed by atoms with E-state index in [9.17, 15) is 4.79 Å². The smallest absolute Gasteiger partial charge is 0.486 e. The summed E-state index contributed by atoms with van der Waals surface area (Å²) in [5, 5.41) is 18.7. The van der Waals surface area contributed by atoms with Crippen molar-refractivity contribution in [3.05, 3.63) is 119 Å². The SMILES string of the molecule is Cc1cc(OCc2nnc(SC3(S)C(S)(S)C(S)(S)C(S)(S)C3(S)S)n2-c2cccnc2)ccc1C#CCOC(=O)OCC#Cc1ccc(OCc2nnc(SC3(S)C(S)(S)C(S)(S)C(S)(S)C3(S)S)n2-c2cccnc2)cc1C. The zero-order valence-electron chi connectivity index (χ0n) is 40.9. The lowest BCUT2D eigenvalue weighted by Gasteiger charge is -2.43. The van der Waals surface area contributed by atoms with Crippen LogP contribution in [-0.4, -0.2) is 99.7 Å². The number of ether oxygens (including phenoxy) is 4. The molecule has 424 valence electrons. The zero-order chi connectivity index (χ0) is 58.7. The first-order valence-electron chi connectivity index (χ1n) is 22.6. The average molecular weight is 1440 g/mol. The Kier molecular flexibility index (Phi) is 20.5. The van der Waals surface area contributed by atoms with Crippen molar-refractivity contribution in [3.8, 4) is 46.6 Å². The first kappa shape index (κ1) is 66.0. The van der Waals surface area contributed by atoms with Crippen molar-refractivity contribution in [2.24, 2.45) is 0 Å². The third-order valence-electron chi connectivity index (χ3n) is 12.6. The van der Waals surface area contributed by atoms with E-state index in [1.165, 1.54) is 0 Å². The van der Waals surface area contributed by atoms with E-state index in [1.807, 2.05) is 38.1 Å². The Hall–Kier alpha value is 0.0100. The van der Waals surface area contributed by atoms with E-state index in [2.05, 4.69) is 54.0 Å². The summed E-state index contributed by atoms with van der Waals surface area (Å²) < 4.78 is 12.5. The molecule has 2 aliphatic carbocycles. The van der Waals surface area contributed by atoms with Gasteiger partial charge in [-0.25, -0.2) is 4.79 Å². The monoisotopic (exact) mass is 1440 g/mol. The van der Waals surface area contributed by atoms with Crippen molar-refractivity contribution in [3.63, 3.8) is 0 Å². The van der Waals surface area contributed by atoms with Gasteiger partial charge in [0.25, 0.3) is 0 Å². The van der Waals surface area contributed by atoms with E-state index >= 15 is 0 Å². The highest BCUT2D eigenvalue weighted by molar-refractivity contribution is 8.23. The van der Waals surface area contributed by atoms with Gasteiger partial charge in [-0.05, 0) is 85.6 Å². The molecule has 0 spiro atoms. The molecule has 4 aromatic heterocycles. The predicted molar refractivity (Wildman–Crippen MR) is 381 cm³/mol. The van der Waals surface area contributed by atoms with Crippen LogP contribution in [0.3, 0.4) is 0 Å². The van der Waals surface area contributed by atoms with Gasteiger partial charge in [0.05, 0.1) is 23.8 Å². The van der Waals surface area contributed by atoms with Crippen molar-refractivity contribution in [1.29, 1.82) is 0 Å². The second-order valence-corrected chi connectivity index (χ2v) is 35.6. The van der Waals surface area contributed by atoms with E-state index < -0.39 is 46.9 Å². The third kappa shape index (κ3) is 11.6. The highest BCUT2D eigenvalue weighted by Crippen LogP contribution is 2.80. The van der Waals surface area contributed by atoms with Gasteiger partial charge < -0.3 is 18.9 Å². The van der Waals surface area contributed by atoms with E-state index in [1.54, 1.807) is 70.3 Å². The van der Waals surface area contributed by atoms with Gasteiger partial charge in [0.1, 0.15) is 65.5 Å². The fourth-order valence-electron chi connectivity index (χ4n) is 7.89. The van der Waals surface area contributed by atoms with Crippen LogP contribution < -0.4 is 9.47 Å². The van der Waals surface area contributed by atoms with Crippen LogP contribution in [0.15, 0.2) is 95.8 Å². The molecule has 0 saturated heterocycles. The van der Waals surface area contributed by atoms with Crippen molar-refractivity contribution in [1.82, 2.24) is 39.5 Å². The average Bonchev–Trinajstić information content (AvgIpc) is 4.21. The van der Waals surface area contributed by atoms with E-state index in [-0.39, 0.29) is 26.4 Å². The summed E-state index contributed by atoms with van der Waals surface area (Å²) in [5.41, 5.74) is 4.31. The summed E-state index contributed by atoms with van der Waals surface area (Å²) in [6.45, 7) is 3.34. The molecule has 0 aliphatic heterocycles. The second kappa shape index (κ2) is 24.9. The molecule has 0 N–H and O–H groups in total. The Morgan fingerprint density at radius 1 is 0.500 bits per heavy atom. The van der Waals surface area contributed by atoms with Crippen LogP contribution in [0.25, 0.3) is 11.4 Å². The number of rotatable bonds is 14. The van der Waals surface area contributed by atoms with Crippen molar-refractivity contribution >= 4 is 257 Å². The summed E-state index contributed by atoms with van der Waals surface area (Å²) in [7, 11) is 0. The minimum Gasteiger partial charge on any atom is -0.486 e. The molecule has 80 heavy (non-hydrogen) atoms. The first-order chi connectivity index (χ1) is 37.2. The number of nitrogens with zero attached hydrogens (tertiary/aromatic N) is 8. The number of thioether (sulfide) groups is 2.